The lowest BCUT2D eigenvalue weighted by atomic mass is 10.2. The van der Waals surface area contributed by atoms with Gasteiger partial charge < -0.3 is 5.73 Å². The normalized spacial score (nSPS) is 16.1. The van der Waals surface area contributed by atoms with Crippen molar-refractivity contribution >= 4 is 28.7 Å². The first-order chi connectivity index (χ1) is 7.16. The van der Waals surface area contributed by atoms with E-state index in [1.54, 1.807) is 18.3 Å². The Kier molecular flexibility index (Phi) is 2.59. The minimum absolute atomic E-state index is 0.152. The summed E-state index contributed by atoms with van der Waals surface area (Å²) in [5, 5.41) is -0.199. The van der Waals surface area contributed by atoms with Gasteiger partial charge in [-0.05, 0) is 17.7 Å². The van der Waals surface area contributed by atoms with E-state index in [2.05, 4.69) is 4.98 Å². The molecule has 15 heavy (non-hydrogen) atoms. The van der Waals surface area contributed by atoms with Gasteiger partial charge in [0.2, 0.25) is 5.91 Å². The van der Waals surface area contributed by atoms with Crippen molar-refractivity contribution in [1.82, 2.24) is 9.88 Å². The smallest absolute Gasteiger partial charge is 0.289 e. The molecule has 1 aliphatic heterocycles. The van der Waals surface area contributed by atoms with Gasteiger partial charge >= 0.3 is 0 Å². The summed E-state index contributed by atoms with van der Waals surface area (Å²) in [5.74, 6) is 0.471. The summed E-state index contributed by atoms with van der Waals surface area (Å²) in [6.45, 7) is 0.275. The molecule has 2 heterocycles. The van der Waals surface area contributed by atoms with Gasteiger partial charge in [-0.1, -0.05) is 11.8 Å². The van der Waals surface area contributed by atoms with E-state index in [9.17, 15) is 9.59 Å². The first-order valence-electron chi connectivity index (χ1n) is 4.34. The first-order valence-corrected chi connectivity index (χ1v) is 5.33. The number of rotatable bonds is 2. The maximum absolute atomic E-state index is 11.3. The van der Waals surface area contributed by atoms with E-state index in [4.69, 9.17) is 5.73 Å². The molecule has 1 fully saturated rings. The molecule has 1 aromatic heterocycles. The molecule has 0 spiro atoms. The minimum Gasteiger partial charge on any atom is -0.384 e. The third-order valence-corrected chi connectivity index (χ3v) is 2.89. The first kappa shape index (κ1) is 9.97. The Hall–Kier alpha value is -1.56. The monoisotopic (exact) mass is 223 g/mol. The molecule has 2 rings (SSSR count). The fraction of sp³-hybridized carbons (Fsp3) is 0.222. The lowest BCUT2D eigenvalue weighted by Gasteiger charge is -2.12. The molecule has 1 saturated heterocycles. The van der Waals surface area contributed by atoms with Crippen LogP contribution in [0.15, 0.2) is 18.3 Å². The molecule has 1 aromatic rings. The highest BCUT2D eigenvalue weighted by Gasteiger charge is 2.29. The van der Waals surface area contributed by atoms with Crippen molar-refractivity contribution in [3.05, 3.63) is 23.9 Å². The van der Waals surface area contributed by atoms with Crippen molar-refractivity contribution in [2.45, 2.75) is 6.54 Å². The van der Waals surface area contributed by atoms with Gasteiger partial charge in [0.25, 0.3) is 5.24 Å². The molecule has 2 amide bonds. The van der Waals surface area contributed by atoms with Gasteiger partial charge in [0.15, 0.2) is 0 Å². The standard InChI is InChI=1S/C9H9N3O2S/c10-7-3-6(1-2-11-7)4-12-8(13)5-15-9(12)14/h1-3H,4-5H2,(H2,10,11). The zero-order valence-corrected chi connectivity index (χ0v) is 8.66. The number of nitrogen functional groups attached to an aromatic ring is 1. The molecule has 0 atom stereocenters. The average molecular weight is 223 g/mol. The summed E-state index contributed by atoms with van der Waals surface area (Å²) in [5.41, 5.74) is 6.31. The number of nitrogens with two attached hydrogens (primary N) is 1. The van der Waals surface area contributed by atoms with Crippen molar-refractivity contribution in [1.29, 1.82) is 0 Å². The minimum atomic E-state index is -0.199. The molecule has 0 saturated carbocycles. The van der Waals surface area contributed by atoms with E-state index in [1.165, 1.54) is 4.90 Å². The Bertz CT molecular complexity index is 406. The SMILES string of the molecule is Nc1cc(CN2C(=O)CSC2=O)ccn1. The lowest BCUT2D eigenvalue weighted by Crippen LogP contribution is -2.27. The van der Waals surface area contributed by atoms with E-state index in [0.29, 0.717) is 5.82 Å². The summed E-state index contributed by atoms with van der Waals surface area (Å²) in [6.07, 6.45) is 1.56. The van der Waals surface area contributed by atoms with E-state index >= 15 is 0 Å². The third-order valence-electron chi connectivity index (χ3n) is 2.03. The molecule has 0 unspecified atom stereocenters. The van der Waals surface area contributed by atoms with E-state index in [0.717, 1.165) is 17.3 Å². The summed E-state index contributed by atoms with van der Waals surface area (Å²) < 4.78 is 0. The number of amides is 2. The van der Waals surface area contributed by atoms with Crippen LogP contribution >= 0.6 is 11.8 Å². The van der Waals surface area contributed by atoms with Crippen LogP contribution in [-0.4, -0.2) is 26.8 Å². The maximum Gasteiger partial charge on any atom is 0.289 e. The predicted octanol–water partition coefficient (Wildman–Crippen LogP) is 0.859. The number of carbonyl (C=O) groups is 2. The Morgan fingerprint density at radius 3 is 2.93 bits per heavy atom. The Labute approximate surface area is 90.7 Å². The molecular weight excluding hydrogens is 214 g/mol. The van der Waals surface area contributed by atoms with Crippen LogP contribution in [0, 0.1) is 0 Å². The molecule has 0 aromatic carbocycles. The third kappa shape index (κ3) is 2.10. The summed E-state index contributed by atoms with van der Waals surface area (Å²) in [4.78, 5) is 27.7. The van der Waals surface area contributed by atoms with Crippen molar-refractivity contribution in [3.8, 4) is 0 Å². The van der Waals surface area contributed by atoms with Crippen LogP contribution in [0.2, 0.25) is 0 Å². The summed E-state index contributed by atoms with van der Waals surface area (Å²) in [7, 11) is 0. The van der Waals surface area contributed by atoms with Crippen molar-refractivity contribution in [3.63, 3.8) is 0 Å². The fourth-order valence-electron chi connectivity index (χ4n) is 1.31. The fourth-order valence-corrected chi connectivity index (χ4v) is 2.03. The van der Waals surface area contributed by atoms with Crippen LogP contribution in [0.1, 0.15) is 5.56 Å². The Morgan fingerprint density at radius 2 is 2.33 bits per heavy atom. The molecule has 0 aliphatic carbocycles. The van der Waals surface area contributed by atoms with Crippen LogP contribution in [0.25, 0.3) is 0 Å². The van der Waals surface area contributed by atoms with Crippen LogP contribution in [-0.2, 0) is 11.3 Å². The number of anilines is 1. The molecule has 0 bridgehead atoms. The number of imide groups is 1. The van der Waals surface area contributed by atoms with Gasteiger partial charge in [-0.3, -0.25) is 14.5 Å². The van der Waals surface area contributed by atoms with Crippen LogP contribution in [0.5, 0.6) is 0 Å². The van der Waals surface area contributed by atoms with E-state index in [-0.39, 0.29) is 23.4 Å². The molecule has 2 N–H and O–H groups in total. The number of carbonyl (C=O) groups excluding carboxylic acids is 2. The summed E-state index contributed by atoms with van der Waals surface area (Å²) in [6, 6.07) is 3.39. The second-order valence-corrected chi connectivity index (χ2v) is 4.05. The van der Waals surface area contributed by atoms with E-state index < -0.39 is 0 Å². The predicted molar refractivity (Wildman–Crippen MR) is 57.1 cm³/mol. The van der Waals surface area contributed by atoms with Crippen molar-refractivity contribution in [2.24, 2.45) is 0 Å². The highest BCUT2D eigenvalue weighted by Crippen LogP contribution is 2.21. The van der Waals surface area contributed by atoms with Gasteiger partial charge in [-0.2, -0.15) is 0 Å². The zero-order chi connectivity index (χ0) is 10.8. The molecule has 78 valence electrons. The number of pyridine rings is 1. The number of aromatic nitrogens is 1. The highest BCUT2D eigenvalue weighted by atomic mass is 32.2. The lowest BCUT2D eigenvalue weighted by molar-refractivity contribution is -0.125. The van der Waals surface area contributed by atoms with Crippen molar-refractivity contribution in [2.75, 3.05) is 11.5 Å². The van der Waals surface area contributed by atoms with Crippen LogP contribution < -0.4 is 5.73 Å². The summed E-state index contributed by atoms with van der Waals surface area (Å²) >= 11 is 1.03. The van der Waals surface area contributed by atoms with E-state index in [1.807, 2.05) is 0 Å². The van der Waals surface area contributed by atoms with Gasteiger partial charge in [0, 0.05) is 6.20 Å². The Balaban J connectivity index is 2.15. The second kappa shape index (κ2) is 3.90. The maximum atomic E-state index is 11.3. The topological polar surface area (TPSA) is 76.3 Å². The largest absolute Gasteiger partial charge is 0.384 e. The molecule has 5 nitrogen and oxygen atoms in total. The number of nitrogens with zero attached hydrogens (tertiary/aromatic N) is 2. The van der Waals surface area contributed by atoms with Crippen LogP contribution in [0.3, 0.4) is 0 Å². The molecule has 6 heteroatoms. The number of hydrogen-bond donors (Lipinski definition) is 1. The number of thioether (sulfide) groups is 1. The molecule has 0 radical (unpaired) electrons. The highest BCUT2D eigenvalue weighted by molar-refractivity contribution is 8.14. The van der Waals surface area contributed by atoms with Gasteiger partial charge in [0.1, 0.15) is 5.82 Å². The van der Waals surface area contributed by atoms with Gasteiger partial charge in [-0.25, -0.2) is 4.98 Å². The van der Waals surface area contributed by atoms with Gasteiger partial charge in [0.05, 0.1) is 12.3 Å². The second-order valence-electron chi connectivity index (χ2n) is 3.12. The number of hydrogen-bond acceptors (Lipinski definition) is 5. The zero-order valence-electron chi connectivity index (χ0n) is 7.84. The quantitative estimate of drug-likeness (QED) is 0.804. The Morgan fingerprint density at radius 1 is 1.53 bits per heavy atom. The molecule has 1 aliphatic rings. The average Bonchev–Trinajstić information content (AvgIpc) is 2.50. The molecular formula is C9H9N3O2S. The van der Waals surface area contributed by atoms with Crippen LogP contribution in [0.4, 0.5) is 10.6 Å². The van der Waals surface area contributed by atoms with Crippen molar-refractivity contribution < 1.29 is 9.59 Å². The van der Waals surface area contributed by atoms with Gasteiger partial charge in [-0.15, -0.1) is 0 Å².